The van der Waals surface area contributed by atoms with Gasteiger partial charge in [0.05, 0.1) is 0 Å². The average molecular weight is 349 g/mol. The van der Waals surface area contributed by atoms with Crippen LogP contribution in [0.5, 0.6) is 0 Å². The van der Waals surface area contributed by atoms with Crippen molar-refractivity contribution in [2.24, 2.45) is 0 Å². The molecule has 0 spiro atoms. The van der Waals surface area contributed by atoms with Crippen molar-refractivity contribution in [3.63, 3.8) is 0 Å². The summed E-state index contributed by atoms with van der Waals surface area (Å²) in [4.78, 5) is 2.37. The zero-order chi connectivity index (χ0) is 8.97. The first kappa shape index (κ1) is 10.0. The van der Waals surface area contributed by atoms with E-state index >= 15 is 0 Å². The average Bonchev–Trinajstić information content (AvgIpc) is 2.10. The second kappa shape index (κ2) is 4.85. The van der Waals surface area contributed by atoms with Gasteiger partial charge >= 0.3 is 91.0 Å². The number of nitrogens with zero attached hydrogens (tertiary/aromatic N) is 1. The summed E-state index contributed by atoms with van der Waals surface area (Å²) in [6.07, 6.45) is 0. The van der Waals surface area contributed by atoms with Crippen LogP contribution in [0.15, 0.2) is 24.3 Å². The monoisotopic (exact) mass is 350 g/mol. The Morgan fingerprint density at radius 3 is 2.00 bits per heavy atom. The third kappa shape index (κ3) is 2.48. The van der Waals surface area contributed by atoms with E-state index in [1.165, 1.54) is 8.76 Å². The van der Waals surface area contributed by atoms with Gasteiger partial charge < -0.3 is 0 Å². The zero-order valence-electron chi connectivity index (χ0n) is 7.88. The Bertz CT molecular complexity index is 226. The standard InChI is InChI=1S/C10H14N.Hg/c1-3-11(4-2)10-8-6-5-7-9-10;/h6-9H,3-4H2,1-2H3;. The second-order valence-electron chi connectivity index (χ2n) is 2.84. The predicted octanol–water partition coefficient (Wildman–Crippen LogP) is 1.70. The van der Waals surface area contributed by atoms with Crippen molar-refractivity contribution >= 4 is 8.76 Å². The topological polar surface area (TPSA) is 3.24 Å². The van der Waals surface area contributed by atoms with Gasteiger partial charge in [0.15, 0.2) is 0 Å². The molecule has 0 unspecified atom stereocenters. The van der Waals surface area contributed by atoms with Crippen LogP contribution in [-0.2, 0) is 26.1 Å². The Hall–Kier alpha value is -0.0449. The fraction of sp³-hybridized carbons (Fsp3) is 0.400. The number of hydrogen-bond donors (Lipinski definition) is 0. The third-order valence-electron chi connectivity index (χ3n) is 2.06. The van der Waals surface area contributed by atoms with E-state index in [0.717, 1.165) is 39.2 Å². The molecular weight excluding hydrogens is 335 g/mol. The SMILES string of the molecule is CCN(CC)c1cc[c]([Hg])cc1. The van der Waals surface area contributed by atoms with Crippen LogP contribution < -0.4 is 7.97 Å². The van der Waals surface area contributed by atoms with Crippen LogP contribution in [0.1, 0.15) is 13.8 Å². The van der Waals surface area contributed by atoms with Gasteiger partial charge in [-0.3, -0.25) is 0 Å². The first-order valence-electron chi connectivity index (χ1n) is 4.45. The van der Waals surface area contributed by atoms with Crippen molar-refractivity contribution < 1.29 is 26.1 Å². The summed E-state index contributed by atoms with van der Waals surface area (Å²) in [7, 11) is 0. The molecule has 0 aliphatic carbocycles. The summed E-state index contributed by atoms with van der Waals surface area (Å²) < 4.78 is 1.52. The van der Waals surface area contributed by atoms with Crippen molar-refractivity contribution in [3.05, 3.63) is 24.3 Å². The fourth-order valence-electron chi connectivity index (χ4n) is 1.30. The minimum absolute atomic E-state index is 0.766. The maximum atomic E-state index is 2.37. The normalized spacial score (nSPS) is 10.0. The van der Waals surface area contributed by atoms with Gasteiger partial charge in [-0.1, -0.05) is 0 Å². The molecule has 0 saturated carbocycles. The number of anilines is 1. The van der Waals surface area contributed by atoms with Gasteiger partial charge in [0.1, 0.15) is 0 Å². The summed E-state index contributed by atoms with van der Waals surface area (Å²) in [5, 5.41) is 0. The quantitative estimate of drug-likeness (QED) is 0.752. The Kier molecular flexibility index (Phi) is 4.06. The molecular formula is C10H14HgN. The summed E-state index contributed by atoms with van der Waals surface area (Å²) in [5.74, 6) is 0. The van der Waals surface area contributed by atoms with Crippen LogP contribution in [-0.4, -0.2) is 13.1 Å². The van der Waals surface area contributed by atoms with E-state index < -0.39 is 0 Å². The van der Waals surface area contributed by atoms with E-state index in [9.17, 15) is 0 Å². The molecule has 1 rings (SSSR count). The van der Waals surface area contributed by atoms with Gasteiger partial charge in [-0.05, 0) is 0 Å². The molecule has 61 valence electrons. The van der Waals surface area contributed by atoms with Crippen LogP contribution >= 0.6 is 0 Å². The molecule has 1 aromatic carbocycles. The van der Waals surface area contributed by atoms with Crippen LogP contribution in [0, 0.1) is 0 Å². The molecule has 0 heterocycles. The molecule has 0 aliphatic heterocycles. The van der Waals surface area contributed by atoms with Crippen LogP contribution in [0.3, 0.4) is 0 Å². The van der Waals surface area contributed by atoms with Gasteiger partial charge in [0.25, 0.3) is 0 Å². The molecule has 0 amide bonds. The first-order chi connectivity index (χ1) is 5.77. The summed E-state index contributed by atoms with van der Waals surface area (Å²) in [5.41, 5.74) is 1.36. The summed E-state index contributed by atoms with van der Waals surface area (Å²) >= 11 is 0.766. The minimum atomic E-state index is 0.766. The van der Waals surface area contributed by atoms with E-state index in [0.29, 0.717) is 0 Å². The molecule has 12 heavy (non-hydrogen) atoms. The molecule has 0 fully saturated rings. The zero-order valence-corrected chi connectivity index (χ0v) is 13.4. The Labute approximate surface area is 90.7 Å². The van der Waals surface area contributed by atoms with Gasteiger partial charge in [-0.2, -0.15) is 0 Å². The molecule has 0 aliphatic rings. The first-order valence-corrected chi connectivity index (χ1v) is 7.19. The maximum absolute atomic E-state index is 2.37. The molecule has 0 radical (unpaired) electrons. The van der Waals surface area contributed by atoms with E-state index in [1.54, 1.807) is 0 Å². The van der Waals surface area contributed by atoms with Gasteiger partial charge in [-0.25, -0.2) is 0 Å². The molecule has 0 bridgehead atoms. The van der Waals surface area contributed by atoms with Crippen LogP contribution in [0.25, 0.3) is 0 Å². The fourth-order valence-corrected chi connectivity index (χ4v) is 2.21. The van der Waals surface area contributed by atoms with Crippen molar-refractivity contribution in [2.75, 3.05) is 18.0 Å². The predicted molar refractivity (Wildman–Crippen MR) is 49.6 cm³/mol. The van der Waals surface area contributed by atoms with E-state index in [2.05, 4.69) is 43.0 Å². The van der Waals surface area contributed by atoms with Gasteiger partial charge in [0.2, 0.25) is 0 Å². The second-order valence-corrected chi connectivity index (χ2v) is 6.01. The molecule has 1 nitrogen and oxygen atoms in total. The third-order valence-corrected chi connectivity index (χ3v) is 3.90. The van der Waals surface area contributed by atoms with Crippen LogP contribution in [0.4, 0.5) is 5.69 Å². The number of hydrogen-bond acceptors (Lipinski definition) is 1. The number of rotatable bonds is 3. The Morgan fingerprint density at radius 1 is 1.08 bits per heavy atom. The van der Waals surface area contributed by atoms with Crippen molar-refractivity contribution in [2.45, 2.75) is 13.8 Å². The molecule has 0 atom stereocenters. The molecule has 1 aromatic rings. The summed E-state index contributed by atoms with van der Waals surface area (Å²) in [6.45, 7) is 6.59. The molecule has 0 saturated heterocycles. The van der Waals surface area contributed by atoms with Gasteiger partial charge in [0, 0.05) is 0 Å². The Morgan fingerprint density at radius 2 is 1.58 bits per heavy atom. The van der Waals surface area contributed by atoms with E-state index in [4.69, 9.17) is 0 Å². The molecule has 0 N–H and O–H groups in total. The van der Waals surface area contributed by atoms with Crippen LogP contribution in [0.2, 0.25) is 0 Å². The van der Waals surface area contributed by atoms with Crippen molar-refractivity contribution in [1.82, 2.24) is 0 Å². The van der Waals surface area contributed by atoms with E-state index in [1.807, 2.05) is 0 Å². The Balaban J connectivity index is 2.80. The number of benzene rings is 1. The summed E-state index contributed by atoms with van der Waals surface area (Å²) in [6, 6.07) is 8.96. The van der Waals surface area contributed by atoms with Crippen molar-refractivity contribution in [1.29, 1.82) is 0 Å². The van der Waals surface area contributed by atoms with E-state index in [-0.39, 0.29) is 0 Å². The molecule has 0 aromatic heterocycles. The molecule has 2 heteroatoms. The van der Waals surface area contributed by atoms with Crippen molar-refractivity contribution in [3.8, 4) is 0 Å². The van der Waals surface area contributed by atoms with Gasteiger partial charge in [-0.15, -0.1) is 0 Å².